The number of nitrogens with two attached hydrogens (primary N) is 1. The van der Waals surface area contributed by atoms with E-state index in [0.29, 0.717) is 17.0 Å². The van der Waals surface area contributed by atoms with Crippen molar-refractivity contribution < 1.29 is 14.8 Å². The summed E-state index contributed by atoms with van der Waals surface area (Å²) < 4.78 is 5.65. The van der Waals surface area contributed by atoms with E-state index >= 15 is 0 Å². The van der Waals surface area contributed by atoms with E-state index in [1.165, 1.54) is 25.1 Å². The standard InChI is InChI=1S/C17H17ClN4O2/c18-16-14(24-15-7-12(10-23)5-6-21-15)4-3-13(17(16)22-19)9-20-8-11-1-2-11/h3-7,10-11,19-20H,1-2,8-9H2/p+1. The van der Waals surface area contributed by atoms with Crippen LogP contribution in [0.5, 0.6) is 11.6 Å². The molecule has 0 spiro atoms. The molecule has 1 aliphatic carbocycles. The summed E-state index contributed by atoms with van der Waals surface area (Å²) in [6.07, 6.45) is 4.84. The minimum atomic E-state index is 0.269. The summed E-state index contributed by atoms with van der Waals surface area (Å²) in [5.74, 6) is 1.46. The maximum atomic E-state index is 10.8. The van der Waals surface area contributed by atoms with Gasteiger partial charge in [0.15, 0.2) is 0 Å². The molecule has 0 saturated heterocycles. The summed E-state index contributed by atoms with van der Waals surface area (Å²) in [5.41, 5.74) is 9.18. The van der Waals surface area contributed by atoms with Crippen LogP contribution in [-0.2, 0) is 6.54 Å². The van der Waals surface area contributed by atoms with Crippen LogP contribution in [0.1, 0.15) is 28.8 Å². The van der Waals surface area contributed by atoms with Crippen molar-refractivity contribution >= 4 is 23.6 Å². The van der Waals surface area contributed by atoms with Crippen LogP contribution in [0, 0.1) is 11.4 Å². The number of rotatable bonds is 8. The van der Waals surface area contributed by atoms with E-state index in [0.717, 1.165) is 30.9 Å². The number of hydrogen-bond donors (Lipinski definition) is 2. The van der Waals surface area contributed by atoms with Crippen molar-refractivity contribution in [2.45, 2.75) is 19.4 Å². The molecule has 1 saturated carbocycles. The molecule has 0 aliphatic heterocycles. The molecule has 1 aromatic heterocycles. The normalized spacial score (nSPS) is 13.5. The maximum Gasteiger partial charge on any atom is 0.219 e. The number of ether oxygens (including phenoxy) is 1. The molecule has 6 nitrogen and oxygen atoms in total. The van der Waals surface area contributed by atoms with Gasteiger partial charge in [-0.3, -0.25) is 4.79 Å². The third-order valence-corrected chi connectivity index (χ3v) is 4.31. The van der Waals surface area contributed by atoms with Gasteiger partial charge in [-0.05, 0) is 31.0 Å². The molecule has 0 bridgehead atoms. The predicted molar refractivity (Wildman–Crippen MR) is 89.2 cm³/mol. The van der Waals surface area contributed by atoms with Gasteiger partial charge in [-0.15, -0.1) is 0 Å². The predicted octanol–water partition coefficient (Wildman–Crippen LogP) is 3.48. The van der Waals surface area contributed by atoms with E-state index in [1.54, 1.807) is 12.1 Å². The second kappa shape index (κ2) is 7.51. The van der Waals surface area contributed by atoms with Gasteiger partial charge in [-0.1, -0.05) is 11.6 Å². The van der Waals surface area contributed by atoms with Crippen LogP contribution in [0.15, 0.2) is 35.6 Å². The monoisotopic (exact) mass is 345 g/mol. The van der Waals surface area contributed by atoms with Crippen LogP contribution in [-0.4, -0.2) is 17.8 Å². The van der Waals surface area contributed by atoms with Crippen molar-refractivity contribution in [2.75, 3.05) is 6.54 Å². The molecular formula is C17H18ClN4O2+. The smallest absolute Gasteiger partial charge is 0.219 e. The third kappa shape index (κ3) is 3.96. The first-order valence-electron chi connectivity index (χ1n) is 7.81. The second-order valence-corrected chi connectivity index (χ2v) is 6.19. The molecule has 3 N–H and O–H groups in total. The molecule has 0 unspecified atom stereocenters. The lowest BCUT2D eigenvalue weighted by molar-refractivity contribution is -0.673. The van der Waals surface area contributed by atoms with Crippen LogP contribution in [0.3, 0.4) is 0 Å². The molecule has 2 aromatic rings. The highest BCUT2D eigenvalue weighted by atomic mass is 35.5. The Hall–Kier alpha value is -2.31. The number of nitrogens with zero attached hydrogens (tertiary/aromatic N) is 2. The highest BCUT2D eigenvalue weighted by molar-refractivity contribution is 6.34. The van der Waals surface area contributed by atoms with E-state index in [-0.39, 0.29) is 10.9 Å². The Morgan fingerprint density at radius 2 is 2.25 bits per heavy atom. The number of carbonyl (C=O) groups is 1. The van der Waals surface area contributed by atoms with Gasteiger partial charge in [0, 0.05) is 29.3 Å². The molecule has 0 amide bonds. The largest absolute Gasteiger partial charge is 0.437 e. The van der Waals surface area contributed by atoms with Gasteiger partial charge in [0.25, 0.3) is 0 Å². The lowest BCUT2D eigenvalue weighted by Gasteiger charge is -2.11. The minimum Gasteiger partial charge on any atom is -0.437 e. The van der Waals surface area contributed by atoms with Crippen LogP contribution >= 0.6 is 11.6 Å². The molecule has 1 heterocycles. The Bertz CT molecular complexity index is 762. The molecule has 24 heavy (non-hydrogen) atoms. The molecular weight excluding hydrogens is 328 g/mol. The van der Waals surface area contributed by atoms with Crippen molar-refractivity contribution in [3.05, 3.63) is 46.6 Å². The Labute approximate surface area is 144 Å². The average molecular weight is 346 g/mol. The highest BCUT2D eigenvalue weighted by Crippen LogP contribution is 2.38. The zero-order valence-corrected chi connectivity index (χ0v) is 13.8. The molecule has 3 rings (SSSR count). The number of benzene rings is 1. The van der Waals surface area contributed by atoms with E-state index in [2.05, 4.69) is 15.4 Å². The van der Waals surface area contributed by atoms with Gasteiger partial charge in [0.1, 0.15) is 29.3 Å². The van der Waals surface area contributed by atoms with Gasteiger partial charge in [-0.25, -0.2) is 10.5 Å². The van der Waals surface area contributed by atoms with Gasteiger partial charge < -0.3 is 10.1 Å². The van der Waals surface area contributed by atoms with Gasteiger partial charge in [-0.2, -0.15) is 5.11 Å². The summed E-state index contributed by atoms with van der Waals surface area (Å²) in [4.78, 5) is 14.9. The van der Waals surface area contributed by atoms with Crippen LogP contribution in [0.25, 0.3) is 0 Å². The average Bonchev–Trinajstić information content (AvgIpc) is 3.42. The molecule has 124 valence electrons. The summed E-state index contributed by atoms with van der Waals surface area (Å²) >= 11 is 6.34. The van der Waals surface area contributed by atoms with Crippen LogP contribution < -0.4 is 10.1 Å². The number of aldehydes is 1. The summed E-state index contributed by atoms with van der Waals surface area (Å²) in [5, 5.41) is 6.06. The van der Waals surface area contributed by atoms with E-state index < -0.39 is 0 Å². The third-order valence-electron chi connectivity index (χ3n) is 3.95. The zero-order valence-electron chi connectivity index (χ0n) is 13.0. The number of carbonyl (C=O) groups excluding carboxylic acids is 1. The molecule has 0 atom stereocenters. The summed E-state index contributed by atoms with van der Waals surface area (Å²) in [6, 6.07) is 6.72. The van der Waals surface area contributed by atoms with E-state index in [1.807, 2.05) is 6.07 Å². The lowest BCUT2D eigenvalue weighted by Crippen LogP contribution is -2.83. The van der Waals surface area contributed by atoms with Crippen molar-refractivity contribution in [3.63, 3.8) is 0 Å². The fourth-order valence-electron chi connectivity index (χ4n) is 2.45. The van der Waals surface area contributed by atoms with Gasteiger partial charge in [0.2, 0.25) is 5.88 Å². The van der Waals surface area contributed by atoms with Crippen molar-refractivity contribution in [2.24, 2.45) is 11.0 Å². The quantitative estimate of drug-likeness (QED) is 0.566. The molecule has 1 aromatic carbocycles. The second-order valence-electron chi connectivity index (χ2n) is 5.82. The summed E-state index contributed by atoms with van der Waals surface area (Å²) in [6.45, 7) is 1.82. The Morgan fingerprint density at radius 3 is 2.96 bits per heavy atom. The van der Waals surface area contributed by atoms with Crippen molar-refractivity contribution in [1.82, 2.24) is 4.98 Å². The minimum absolute atomic E-state index is 0.269. The number of hydrogen-bond acceptors (Lipinski definition) is 5. The Balaban J connectivity index is 1.77. The van der Waals surface area contributed by atoms with E-state index in [4.69, 9.17) is 21.9 Å². The Morgan fingerprint density at radius 1 is 1.42 bits per heavy atom. The molecule has 7 heteroatoms. The topological polar surface area (TPSA) is 92.0 Å². The van der Waals surface area contributed by atoms with Crippen LogP contribution in [0.2, 0.25) is 5.02 Å². The fraction of sp³-hybridized carbons (Fsp3) is 0.294. The number of quaternary nitrogens is 1. The fourth-order valence-corrected chi connectivity index (χ4v) is 2.71. The SMILES string of the molecule is N=Nc1c(C[NH2+]CC2CC2)ccc(Oc2cc(C=O)ccn2)c1Cl. The Kier molecular flexibility index (Phi) is 5.17. The number of pyridine rings is 1. The molecule has 1 aliphatic rings. The first-order valence-corrected chi connectivity index (χ1v) is 8.18. The van der Waals surface area contributed by atoms with Gasteiger partial charge >= 0.3 is 0 Å². The molecule has 1 fully saturated rings. The zero-order chi connectivity index (χ0) is 16.9. The molecule has 0 radical (unpaired) electrons. The summed E-state index contributed by atoms with van der Waals surface area (Å²) in [7, 11) is 0. The van der Waals surface area contributed by atoms with Crippen molar-refractivity contribution in [1.29, 1.82) is 5.53 Å². The van der Waals surface area contributed by atoms with E-state index in [9.17, 15) is 4.79 Å². The van der Waals surface area contributed by atoms with Crippen molar-refractivity contribution in [3.8, 4) is 11.6 Å². The first-order chi connectivity index (χ1) is 11.7. The number of nitrogens with one attached hydrogen (secondary N) is 1. The van der Waals surface area contributed by atoms with Gasteiger partial charge in [0.05, 0.1) is 6.54 Å². The number of halogens is 1. The number of aromatic nitrogens is 1. The first kappa shape index (κ1) is 16.5. The van der Waals surface area contributed by atoms with Crippen LogP contribution in [0.4, 0.5) is 5.69 Å². The lowest BCUT2D eigenvalue weighted by atomic mass is 10.1. The maximum absolute atomic E-state index is 10.8. The highest BCUT2D eigenvalue weighted by Gasteiger charge is 2.23.